The summed E-state index contributed by atoms with van der Waals surface area (Å²) in [5.41, 5.74) is 3.03. The normalized spacial score (nSPS) is 9.77. The molecule has 0 aliphatic rings. The van der Waals surface area contributed by atoms with E-state index in [1.54, 1.807) is 11.7 Å². The molecule has 1 aromatic heterocycles. The Balaban J connectivity index is 2.63. The molecule has 0 bridgehead atoms. The number of nitrogens with zero attached hydrogens (tertiary/aromatic N) is 2. The molecule has 1 heterocycles. The van der Waals surface area contributed by atoms with E-state index in [9.17, 15) is 4.79 Å². The third kappa shape index (κ3) is 2.45. The molecule has 13 heavy (non-hydrogen) atoms. The van der Waals surface area contributed by atoms with E-state index >= 15 is 0 Å². The van der Waals surface area contributed by atoms with Gasteiger partial charge in [-0.1, -0.05) is 0 Å². The van der Waals surface area contributed by atoms with Crippen molar-refractivity contribution in [1.29, 1.82) is 0 Å². The number of anilines is 1. The van der Waals surface area contributed by atoms with Gasteiger partial charge in [-0.15, -0.1) is 0 Å². The molecule has 1 rings (SSSR count). The van der Waals surface area contributed by atoms with Gasteiger partial charge in [0.15, 0.2) is 5.82 Å². The smallest absolute Gasteiger partial charge is 0.289 e. The molecule has 0 atom stereocenters. The van der Waals surface area contributed by atoms with Crippen molar-refractivity contribution in [1.82, 2.24) is 15.3 Å². The Hall–Kier alpha value is -1.56. The number of carbonyl (C=O) groups is 1. The lowest BCUT2D eigenvalue weighted by Gasteiger charge is -2.02. The lowest BCUT2D eigenvalue weighted by Crippen LogP contribution is -2.27. The summed E-state index contributed by atoms with van der Waals surface area (Å²) in [5.74, 6) is 0.525. The number of hydrogen-bond acceptors (Lipinski definition) is 3. The lowest BCUT2D eigenvalue weighted by molar-refractivity contribution is 0.114. The van der Waals surface area contributed by atoms with Gasteiger partial charge >= 0.3 is 6.03 Å². The van der Waals surface area contributed by atoms with Crippen molar-refractivity contribution in [3.63, 3.8) is 0 Å². The van der Waals surface area contributed by atoms with Crippen LogP contribution < -0.4 is 10.8 Å². The summed E-state index contributed by atoms with van der Waals surface area (Å²) in [6.45, 7) is 1.86. The van der Waals surface area contributed by atoms with Crippen molar-refractivity contribution < 1.29 is 9.63 Å². The first kappa shape index (κ1) is 9.53. The molecule has 0 saturated heterocycles. The van der Waals surface area contributed by atoms with Gasteiger partial charge in [0.25, 0.3) is 0 Å². The Bertz CT molecular complexity index is 307. The number of amides is 2. The van der Waals surface area contributed by atoms with Crippen LogP contribution in [-0.4, -0.2) is 22.9 Å². The first-order chi connectivity index (χ1) is 6.13. The molecule has 2 amide bonds. The van der Waals surface area contributed by atoms with Crippen LogP contribution >= 0.6 is 0 Å². The van der Waals surface area contributed by atoms with Crippen LogP contribution in [0.15, 0.2) is 6.20 Å². The molecule has 1 aromatic rings. The number of nitrogens with one attached hydrogen (secondary N) is 2. The molecule has 0 saturated carbocycles. The molecule has 0 unspecified atom stereocenters. The summed E-state index contributed by atoms with van der Waals surface area (Å²) in [7, 11) is 3.15. The highest BCUT2D eigenvalue weighted by Gasteiger charge is 2.06. The van der Waals surface area contributed by atoms with E-state index < -0.39 is 6.03 Å². The number of urea groups is 1. The van der Waals surface area contributed by atoms with Crippen molar-refractivity contribution >= 4 is 11.8 Å². The predicted molar refractivity (Wildman–Crippen MR) is 47.1 cm³/mol. The molecule has 6 nitrogen and oxygen atoms in total. The predicted octanol–water partition coefficient (Wildman–Crippen LogP) is 0.411. The zero-order valence-electron chi connectivity index (χ0n) is 7.79. The number of rotatable bonds is 2. The second-order valence-corrected chi connectivity index (χ2v) is 2.59. The fourth-order valence-corrected chi connectivity index (χ4v) is 0.956. The maximum atomic E-state index is 11.0. The first-order valence-corrected chi connectivity index (χ1v) is 3.73. The van der Waals surface area contributed by atoms with Crippen molar-refractivity contribution in [3.05, 3.63) is 11.8 Å². The van der Waals surface area contributed by atoms with E-state index in [0.29, 0.717) is 5.82 Å². The average molecular weight is 184 g/mol. The topological polar surface area (TPSA) is 68.2 Å². The number of hydroxylamine groups is 1. The average Bonchev–Trinajstić information content (AvgIpc) is 2.30. The van der Waals surface area contributed by atoms with Crippen molar-refractivity contribution in [3.8, 4) is 0 Å². The van der Waals surface area contributed by atoms with E-state index in [1.807, 2.05) is 13.1 Å². The minimum Gasteiger partial charge on any atom is -0.289 e. The molecular weight excluding hydrogens is 172 g/mol. The summed E-state index contributed by atoms with van der Waals surface area (Å²) < 4.78 is 1.62. The lowest BCUT2D eigenvalue weighted by atomic mass is 10.4. The number of carbonyl (C=O) groups excluding carboxylic acids is 1. The molecular formula is C7H12N4O2. The second kappa shape index (κ2) is 3.90. The SMILES string of the molecule is CONC(=O)Nc1nn(C)cc1C. The van der Waals surface area contributed by atoms with Crippen molar-refractivity contribution in [2.75, 3.05) is 12.4 Å². The van der Waals surface area contributed by atoms with Gasteiger partial charge in [-0.3, -0.25) is 14.8 Å². The highest BCUT2D eigenvalue weighted by molar-refractivity contribution is 5.88. The van der Waals surface area contributed by atoms with Gasteiger partial charge in [0.1, 0.15) is 0 Å². The van der Waals surface area contributed by atoms with Crippen LogP contribution in [0.25, 0.3) is 0 Å². The standard InChI is InChI=1S/C7H12N4O2/c1-5-4-11(2)9-6(5)8-7(12)10-13-3/h4H,1-3H3,(H2,8,9,10,12). The highest BCUT2D eigenvalue weighted by Crippen LogP contribution is 2.09. The first-order valence-electron chi connectivity index (χ1n) is 3.73. The summed E-state index contributed by atoms with van der Waals surface area (Å²) >= 11 is 0. The van der Waals surface area contributed by atoms with Crippen LogP contribution in [0.1, 0.15) is 5.56 Å². The maximum absolute atomic E-state index is 11.0. The third-order valence-corrected chi connectivity index (χ3v) is 1.44. The molecule has 0 radical (unpaired) electrons. The second-order valence-electron chi connectivity index (χ2n) is 2.59. The quantitative estimate of drug-likeness (QED) is 0.654. The molecule has 0 aliphatic heterocycles. The Morgan fingerprint density at radius 1 is 1.69 bits per heavy atom. The summed E-state index contributed by atoms with van der Waals surface area (Å²) in [6, 6.07) is -0.440. The number of aromatic nitrogens is 2. The summed E-state index contributed by atoms with van der Waals surface area (Å²) in [6.07, 6.45) is 1.81. The van der Waals surface area contributed by atoms with Crippen molar-refractivity contribution in [2.24, 2.45) is 7.05 Å². The summed E-state index contributed by atoms with van der Waals surface area (Å²) in [5, 5.41) is 6.55. The van der Waals surface area contributed by atoms with Gasteiger partial charge in [0.05, 0.1) is 7.11 Å². The van der Waals surface area contributed by atoms with E-state index in [1.165, 1.54) is 7.11 Å². The Labute approximate surface area is 75.8 Å². The van der Waals surface area contributed by atoms with Gasteiger partial charge in [-0.25, -0.2) is 10.3 Å². The van der Waals surface area contributed by atoms with E-state index in [2.05, 4.69) is 20.7 Å². The Kier molecular flexibility index (Phi) is 2.86. The van der Waals surface area contributed by atoms with Crippen LogP contribution in [0.2, 0.25) is 0 Å². The molecule has 2 N–H and O–H groups in total. The van der Waals surface area contributed by atoms with Crippen LogP contribution in [0.5, 0.6) is 0 Å². The van der Waals surface area contributed by atoms with Crippen LogP contribution in [0.4, 0.5) is 10.6 Å². The minimum atomic E-state index is -0.440. The molecule has 0 aromatic carbocycles. The van der Waals surface area contributed by atoms with Gasteiger partial charge in [-0.05, 0) is 6.92 Å². The van der Waals surface area contributed by atoms with Gasteiger partial charge in [-0.2, -0.15) is 5.10 Å². The Morgan fingerprint density at radius 3 is 2.85 bits per heavy atom. The van der Waals surface area contributed by atoms with E-state index in [4.69, 9.17) is 0 Å². The monoisotopic (exact) mass is 184 g/mol. The fraction of sp³-hybridized carbons (Fsp3) is 0.429. The molecule has 0 fully saturated rings. The number of aryl methyl sites for hydroxylation is 2. The van der Waals surface area contributed by atoms with Crippen molar-refractivity contribution in [2.45, 2.75) is 6.92 Å². The molecule has 6 heteroatoms. The maximum Gasteiger partial charge on any atom is 0.344 e. The van der Waals surface area contributed by atoms with E-state index in [0.717, 1.165) is 5.56 Å². The molecule has 0 aliphatic carbocycles. The van der Waals surface area contributed by atoms with Gasteiger partial charge in [0.2, 0.25) is 0 Å². The fourth-order valence-electron chi connectivity index (χ4n) is 0.956. The molecule has 0 spiro atoms. The third-order valence-electron chi connectivity index (χ3n) is 1.44. The largest absolute Gasteiger partial charge is 0.344 e. The zero-order chi connectivity index (χ0) is 9.84. The van der Waals surface area contributed by atoms with Gasteiger partial charge < -0.3 is 0 Å². The highest BCUT2D eigenvalue weighted by atomic mass is 16.6. The van der Waals surface area contributed by atoms with E-state index in [-0.39, 0.29) is 0 Å². The van der Waals surface area contributed by atoms with Crippen LogP contribution in [0, 0.1) is 6.92 Å². The summed E-state index contributed by atoms with van der Waals surface area (Å²) in [4.78, 5) is 15.4. The number of hydrogen-bond donors (Lipinski definition) is 2. The van der Waals surface area contributed by atoms with Crippen LogP contribution in [-0.2, 0) is 11.9 Å². The minimum absolute atomic E-state index is 0.440. The zero-order valence-corrected chi connectivity index (χ0v) is 7.79. The van der Waals surface area contributed by atoms with Crippen LogP contribution in [0.3, 0.4) is 0 Å². The Morgan fingerprint density at radius 2 is 2.38 bits per heavy atom. The molecule has 72 valence electrons. The van der Waals surface area contributed by atoms with Gasteiger partial charge in [0, 0.05) is 18.8 Å².